The lowest BCUT2D eigenvalue weighted by atomic mass is 10.1. The highest BCUT2D eigenvalue weighted by Gasteiger charge is 2.03. The molecule has 1 heterocycles. The van der Waals surface area contributed by atoms with Gasteiger partial charge in [0.2, 0.25) is 0 Å². The second kappa shape index (κ2) is 6.02. The molecule has 0 amide bonds. The Bertz CT molecular complexity index is 472. The van der Waals surface area contributed by atoms with Gasteiger partial charge in [0.05, 0.1) is 6.54 Å². The number of rotatable bonds is 5. The highest BCUT2D eigenvalue weighted by molar-refractivity contribution is 7.99. The zero-order valence-electron chi connectivity index (χ0n) is 9.51. The fourth-order valence-electron chi connectivity index (χ4n) is 1.49. The predicted octanol–water partition coefficient (Wildman–Crippen LogP) is 2.51. The summed E-state index contributed by atoms with van der Waals surface area (Å²) in [6.45, 7) is 2.86. The zero-order valence-corrected chi connectivity index (χ0v) is 11.1. The van der Waals surface area contributed by atoms with Crippen LogP contribution in [-0.2, 0) is 12.4 Å². The van der Waals surface area contributed by atoms with Crippen molar-refractivity contribution in [1.82, 2.24) is 20.2 Å². The lowest BCUT2D eigenvalue weighted by Gasteiger charge is -2.08. The monoisotopic (exact) mass is 268 g/mol. The molecule has 0 saturated heterocycles. The third-order valence-electron chi connectivity index (χ3n) is 2.48. The molecule has 0 spiro atoms. The number of hydrogen-bond acceptors (Lipinski definition) is 4. The van der Waals surface area contributed by atoms with Gasteiger partial charge in [-0.3, -0.25) is 0 Å². The van der Waals surface area contributed by atoms with E-state index < -0.39 is 0 Å². The summed E-state index contributed by atoms with van der Waals surface area (Å²) in [5.41, 5.74) is 2.45. The third kappa shape index (κ3) is 3.20. The van der Waals surface area contributed by atoms with Gasteiger partial charge in [-0.25, -0.2) is 0 Å². The van der Waals surface area contributed by atoms with Crippen LogP contribution in [0.15, 0.2) is 29.4 Å². The first-order valence-electron chi connectivity index (χ1n) is 5.29. The highest BCUT2D eigenvalue weighted by Crippen LogP contribution is 2.25. The molecule has 1 aromatic heterocycles. The summed E-state index contributed by atoms with van der Waals surface area (Å²) < 4.78 is 0. The highest BCUT2D eigenvalue weighted by atomic mass is 35.5. The molecule has 2 aromatic rings. The summed E-state index contributed by atoms with van der Waals surface area (Å²) >= 11 is 7.67. The lowest BCUT2D eigenvalue weighted by Crippen LogP contribution is -2.04. The van der Waals surface area contributed by atoms with Crippen LogP contribution in [0.1, 0.15) is 11.1 Å². The predicted molar refractivity (Wildman–Crippen MR) is 69.3 cm³/mol. The van der Waals surface area contributed by atoms with E-state index in [2.05, 4.69) is 34.5 Å². The maximum absolute atomic E-state index is 5.88. The van der Waals surface area contributed by atoms with Gasteiger partial charge in [-0.05, 0) is 29.3 Å². The first kappa shape index (κ1) is 12.4. The Labute approximate surface area is 109 Å². The van der Waals surface area contributed by atoms with E-state index in [9.17, 15) is 0 Å². The Kier molecular flexibility index (Phi) is 4.39. The summed E-state index contributed by atoms with van der Waals surface area (Å²) in [5, 5.41) is 11.5. The number of tetrazole rings is 1. The number of aryl methyl sites for hydroxylation is 1. The maximum Gasteiger partial charge on any atom is 0.162 e. The summed E-state index contributed by atoms with van der Waals surface area (Å²) in [6, 6.07) is 6.22. The first-order valence-corrected chi connectivity index (χ1v) is 6.81. The average molecular weight is 269 g/mol. The fourth-order valence-corrected chi connectivity index (χ4v) is 2.78. The number of alkyl halides is 1. The van der Waals surface area contributed by atoms with Crippen molar-refractivity contribution in [2.45, 2.75) is 24.2 Å². The Balaban J connectivity index is 1.95. The second-order valence-electron chi connectivity index (χ2n) is 3.55. The van der Waals surface area contributed by atoms with Crippen molar-refractivity contribution < 1.29 is 0 Å². The van der Waals surface area contributed by atoms with E-state index in [1.807, 2.05) is 6.07 Å². The van der Waals surface area contributed by atoms with Crippen LogP contribution in [-0.4, -0.2) is 26.0 Å². The minimum absolute atomic E-state index is 0.560. The molecule has 4 nitrogen and oxygen atoms in total. The molecule has 2 rings (SSSR count). The van der Waals surface area contributed by atoms with Crippen molar-refractivity contribution in [2.24, 2.45) is 0 Å². The lowest BCUT2D eigenvalue weighted by molar-refractivity contribution is 0.557. The van der Waals surface area contributed by atoms with Gasteiger partial charge in [-0.1, -0.05) is 12.1 Å². The molecule has 0 fully saturated rings. The van der Waals surface area contributed by atoms with Crippen LogP contribution in [0.2, 0.25) is 0 Å². The molecule has 0 aliphatic rings. The quantitative estimate of drug-likeness (QED) is 0.617. The normalized spacial score (nSPS) is 10.7. The van der Waals surface area contributed by atoms with Crippen molar-refractivity contribution in [1.29, 1.82) is 0 Å². The summed E-state index contributed by atoms with van der Waals surface area (Å²) in [7, 11) is 0. The Morgan fingerprint density at radius 2 is 2.29 bits per heavy atom. The van der Waals surface area contributed by atoms with Crippen LogP contribution < -0.4 is 0 Å². The minimum atomic E-state index is 0.560. The van der Waals surface area contributed by atoms with E-state index in [1.54, 1.807) is 16.6 Å². The van der Waals surface area contributed by atoms with Crippen molar-refractivity contribution in [3.8, 4) is 0 Å². The van der Waals surface area contributed by atoms with Crippen molar-refractivity contribution >= 4 is 23.4 Å². The van der Waals surface area contributed by atoms with Crippen LogP contribution in [0.5, 0.6) is 0 Å². The number of thioether (sulfide) groups is 1. The number of aromatic nitrogens is 4. The van der Waals surface area contributed by atoms with Gasteiger partial charge in [0, 0.05) is 16.5 Å². The molecule has 0 unspecified atom stereocenters. The molecule has 6 heteroatoms. The molecule has 0 saturated carbocycles. The van der Waals surface area contributed by atoms with Gasteiger partial charge < -0.3 is 0 Å². The average Bonchev–Trinajstić information content (AvgIpc) is 2.84. The van der Waals surface area contributed by atoms with E-state index >= 15 is 0 Å². The van der Waals surface area contributed by atoms with Crippen molar-refractivity contribution in [2.75, 3.05) is 5.75 Å². The molecule has 0 bridgehead atoms. The maximum atomic E-state index is 5.88. The molecular weight excluding hydrogens is 256 g/mol. The van der Waals surface area contributed by atoms with E-state index in [-0.39, 0.29) is 0 Å². The SMILES string of the molecule is Cc1c(CCl)cccc1SCCn1ncnn1. The summed E-state index contributed by atoms with van der Waals surface area (Å²) in [4.78, 5) is 2.86. The van der Waals surface area contributed by atoms with Crippen LogP contribution in [0.4, 0.5) is 0 Å². The van der Waals surface area contributed by atoms with Crippen molar-refractivity contribution in [3.05, 3.63) is 35.7 Å². The Morgan fingerprint density at radius 3 is 3.00 bits per heavy atom. The summed E-state index contributed by atoms with van der Waals surface area (Å²) in [6.07, 6.45) is 1.45. The Morgan fingerprint density at radius 1 is 1.41 bits per heavy atom. The van der Waals surface area contributed by atoms with Gasteiger partial charge in [0.15, 0.2) is 6.33 Å². The minimum Gasteiger partial charge on any atom is -0.164 e. The van der Waals surface area contributed by atoms with Crippen LogP contribution in [0.3, 0.4) is 0 Å². The molecule has 0 atom stereocenters. The Hall–Kier alpha value is -1.07. The van der Waals surface area contributed by atoms with Gasteiger partial charge in [0.25, 0.3) is 0 Å². The summed E-state index contributed by atoms with van der Waals surface area (Å²) in [5.74, 6) is 1.48. The fraction of sp³-hybridized carbons (Fsp3) is 0.364. The smallest absolute Gasteiger partial charge is 0.162 e. The van der Waals surface area contributed by atoms with Crippen molar-refractivity contribution in [3.63, 3.8) is 0 Å². The second-order valence-corrected chi connectivity index (χ2v) is 4.96. The van der Waals surface area contributed by atoms with Gasteiger partial charge >= 0.3 is 0 Å². The zero-order chi connectivity index (χ0) is 12.1. The topological polar surface area (TPSA) is 43.6 Å². The first-order chi connectivity index (χ1) is 8.31. The third-order valence-corrected chi connectivity index (χ3v) is 3.91. The molecule has 17 heavy (non-hydrogen) atoms. The van der Waals surface area contributed by atoms with Gasteiger partial charge in [-0.15, -0.1) is 33.6 Å². The van der Waals surface area contributed by atoms with Gasteiger partial charge in [0.1, 0.15) is 0 Å². The number of nitrogens with zero attached hydrogens (tertiary/aromatic N) is 4. The van der Waals surface area contributed by atoms with E-state index in [1.165, 1.54) is 22.3 Å². The van der Waals surface area contributed by atoms with E-state index in [4.69, 9.17) is 11.6 Å². The van der Waals surface area contributed by atoms with Crippen LogP contribution in [0.25, 0.3) is 0 Å². The molecular formula is C11H13ClN4S. The van der Waals surface area contributed by atoms with E-state index in [0.29, 0.717) is 5.88 Å². The van der Waals surface area contributed by atoms with Crippen LogP contribution in [0, 0.1) is 6.92 Å². The standard InChI is InChI=1S/C11H13ClN4S/c1-9-10(7-12)3-2-4-11(9)17-6-5-16-14-8-13-15-16/h2-4,8H,5-7H2,1H3. The number of halogens is 1. The van der Waals surface area contributed by atoms with Gasteiger partial charge in [-0.2, -0.15) is 4.80 Å². The molecule has 0 radical (unpaired) electrons. The molecule has 1 aromatic carbocycles. The largest absolute Gasteiger partial charge is 0.164 e. The number of benzene rings is 1. The van der Waals surface area contributed by atoms with Crippen LogP contribution >= 0.6 is 23.4 Å². The number of hydrogen-bond donors (Lipinski definition) is 0. The molecule has 0 N–H and O–H groups in total. The molecule has 90 valence electrons. The molecule has 0 aliphatic carbocycles. The molecule has 0 aliphatic heterocycles. The van der Waals surface area contributed by atoms with E-state index in [0.717, 1.165) is 12.3 Å².